The highest BCUT2D eigenvalue weighted by Gasteiger charge is 2.45. The number of carbonyl (C=O) groups is 2. The van der Waals surface area contributed by atoms with Crippen molar-refractivity contribution in [1.29, 1.82) is 0 Å². The van der Waals surface area contributed by atoms with Crippen LogP contribution in [0.2, 0.25) is 0 Å². The molecule has 9 heteroatoms. The second-order valence-electron chi connectivity index (χ2n) is 7.85. The van der Waals surface area contributed by atoms with Crippen LogP contribution in [-0.4, -0.2) is 26.8 Å². The van der Waals surface area contributed by atoms with Crippen LogP contribution in [0.15, 0.2) is 84.4 Å². The zero-order valence-corrected chi connectivity index (χ0v) is 19.1. The maximum atomic E-state index is 14.0. The number of aryl methyl sites for hydroxylation is 1. The Balaban J connectivity index is 1.63. The Hall–Kier alpha value is -4.24. The topological polar surface area (TPSA) is 83.4 Å². The van der Waals surface area contributed by atoms with Gasteiger partial charge in [0.05, 0.1) is 22.2 Å². The molecule has 1 N–H and O–H groups in total. The van der Waals surface area contributed by atoms with E-state index >= 15 is 0 Å². The molecular formula is C26H17F2N3O3S. The minimum Gasteiger partial charge on any atom is -0.503 e. The SMILES string of the molecule is Cc1nc(-c2ccccc2)sc1C(=O)C1=C(O)C(=O)N(c2ccc(F)c(F)c2)C1c1cccnc1. The number of aromatic nitrogens is 2. The maximum absolute atomic E-state index is 14.0. The van der Waals surface area contributed by atoms with E-state index in [-0.39, 0.29) is 16.1 Å². The molecular weight excluding hydrogens is 472 g/mol. The molecule has 1 aliphatic heterocycles. The largest absolute Gasteiger partial charge is 0.503 e. The molecule has 1 atom stereocenters. The van der Waals surface area contributed by atoms with Gasteiger partial charge < -0.3 is 5.11 Å². The van der Waals surface area contributed by atoms with Gasteiger partial charge in [0, 0.05) is 29.7 Å². The average molecular weight is 490 g/mol. The molecule has 35 heavy (non-hydrogen) atoms. The van der Waals surface area contributed by atoms with Gasteiger partial charge >= 0.3 is 0 Å². The average Bonchev–Trinajstić information content (AvgIpc) is 3.39. The normalized spacial score (nSPS) is 15.7. The fourth-order valence-electron chi connectivity index (χ4n) is 4.03. The summed E-state index contributed by atoms with van der Waals surface area (Å²) in [4.78, 5) is 36.8. The van der Waals surface area contributed by atoms with Crippen molar-refractivity contribution in [3.05, 3.63) is 112 Å². The number of aliphatic hydroxyl groups is 1. The Labute approximate surface area is 202 Å². The third-order valence-corrected chi connectivity index (χ3v) is 6.86. The predicted molar refractivity (Wildman–Crippen MR) is 127 cm³/mol. The molecule has 174 valence electrons. The van der Waals surface area contributed by atoms with Crippen LogP contribution in [-0.2, 0) is 4.79 Å². The Morgan fingerprint density at radius 2 is 1.83 bits per heavy atom. The third-order valence-electron chi connectivity index (χ3n) is 5.66. The summed E-state index contributed by atoms with van der Waals surface area (Å²) in [6.45, 7) is 1.68. The number of aliphatic hydroxyl groups excluding tert-OH is 1. The second kappa shape index (κ2) is 8.84. The number of Topliss-reactive ketones (excluding diaryl/α,β-unsaturated/α-hetero) is 1. The molecule has 2 aromatic heterocycles. The molecule has 0 spiro atoms. The van der Waals surface area contributed by atoms with Gasteiger partial charge in [0.2, 0.25) is 5.78 Å². The standard InChI is InChI=1S/C26H17F2N3O3S/c1-14-24(35-25(30-14)15-6-3-2-4-7-15)22(32)20-21(16-8-5-11-29-13-16)31(26(34)23(20)33)17-9-10-18(27)19(28)12-17/h2-13,21,33H,1H3. The van der Waals surface area contributed by atoms with Gasteiger partial charge in [-0.15, -0.1) is 11.3 Å². The predicted octanol–water partition coefficient (Wildman–Crippen LogP) is 5.57. The molecule has 1 amide bonds. The van der Waals surface area contributed by atoms with Crippen LogP contribution in [0.25, 0.3) is 10.6 Å². The molecule has 5 rings (SSSR count). The molecule has 3 heterocycles. The highest BCUT2D eigenvalue weighted by Crippen LogP contribution is 2.43. The lowest BCUT2D eigenvalue weighted by Crippen LogP contribution is -2.31. The monoisotopic (exact) mass is 489 g/mol. The number of halogens is 2. The van der Waals surface area contributed by atoms with Gasteiger partial charge in [-0.3, -0.25) is 19.5 Å². The molecule has 6 nitrogen and oxygen atoms in total. The maximum Gasteiger partial charge on any atom is 0.294 e. The summed E-state index contributed by atoms with van der Waals surface area (Å²) in [6, 6.07) is 14.4. The molecule has 1 unspecified atom stereocenters. The van der Waals surface area contributed by atoms with Gasteiger partial charge in [-0.2, -0.15) is 0 Å². The van der Waals surface area contributed by atoms with Crippen molar-refractivity contribution in [1.82, 2.24) is 9.97 Å². The highest BCUT2D eigenvalue weighted by molar-refractivity contribution is 7.17. The number of rotatable bonds is 5. The Morgan fingerprint density at radius 1 is 1.06 bits per heavy atom. The van der Waals surface area contributed by atoms with E-state index < -0.39 is 35.1 Å². The van der Waals surface area contributed by atoms with Crippen LogP contribution in [0.4, 0.5) is 14.5 Å². The van der Waals surface area contributed by atoms with Crippen LogP contribution in [0.3, 0.4) is 0 Å². The lowest BCUT2D eigenvalue weighted by molar-refractivity contribution is -0.117. The molecule has 0 saturated heterocycles. The van der Waals surface area contributed by atoms with E-state index in [9.17, 15) is 23.5 Å². The first-order chi connectivity index (χ1) is 16.9. The number of nitrogens with zero attached hydrogens (tertiary/aromatic N) is 3. The summed E-state index contributed by atoms with van der Waals surface area (Å²) < 4.78 is 27.6. The first kappa shape index (κ1) is 22.5. The van der Waals surface area contributed by atoms with Crippen molar-refractivity contribution in [2.45, 2.75) is 13.0 Å². The summed E-state index contributed by atoms with van der Waals surface area (Å²) in [7, 11) is 0. The summed E-state index contributed by atoms with van der Waals surface area (Å²) in [6.07, 6.45) is 2.97. The first-order valence-electron chi connectivity index (χ1n) is 10.6. The Morgan fingerprint density at radius 3 is 2.51 bits per heavy atom. The van der Waals surface area contributed by atoms with Crippen molar-refractivity contribution in [2.24, 2.45) is 0 Å². The zero-order valence-electron chi connectivity index (χ0n) is 18.3. The van der Waals surface area contributed by atoms with E-state index in [2.05, 4.69) is 9.97 Å². The van der Waals surface area contributed by atoms with E-state index in [1.165, 1.54) is 18.5 Å². The number of anilines is 1. The van der Waals surface area contributed by atoms with Gasteiger partial charge in [-0.25, -0.2) is 13.8 Å². The van der Waals surface area contributed by atoms with Gasteiger partial charge in [-0.05, 0) is 30.7 Å². The van der Waals surface area contributed by atoms with Crippen molar-refractivity contribution < 1.29 is 23.5 Å². The molecule has 4 aromatic rings. The van der Waals surface area contributed by atoms with Crippen molar-refractivity contribution >= 4 is 28.7 Å². The van der Waals surface area contributed by atoms with Gasteiger partial charge in [0.1, 0.15) is 5.01 Å². The summed E-state index contributed by atoms with van der Waals surface area (Å²) in [5, 5.41) is 11.5. The molecule has 0 saturated carbocycles. The van der Waals surface area contributed by atoms with Gasteiger partial charge in [0.25, 0.3) is 5.91 Å². The third kappa shape index (κ3) is 3.89. The number of carbonyl (C=O) groups excluding carboxylic acids is 2. The van der Waals surface area contributed by atoms with E-state index in [1.807, 2.05) is 30.3 Å². The molecule has 1 aliphatic rings. The number of hydrogen-bond acceptors (Lipinski definition) is 6. The minimum atomic E-state index is -1.16. The van der Waals surface area contributed by atoms with E-state index in [1.54, 1.807) is 19.1 Å². The van der Waals surface area contributed by atoms with Crippen LogP contribution >= 0.6 is 11.3 Å². The van der Waals surface area contributed by atoms with Crippen molar-refractivity contribution in [3.8, 4) is 10.6 Å². The van der Waals surface area contributed by atoms with Crippen molar-refractivity contribution in [3.63, 3.8) is 0 Å². The van der Waals surface area contributed by atoms with Gasteiger partial charge in [0.15, 0.2) is 17.4 Å². The van der Waals surface area contributed by atoms with Crippen LogP contribution in [0.1, 0.15) is 27.0 Å². The lowest BCUT2D eigenvalue weighted by atomic mass is 9.96. The molecule has 0 fully saturated rings. The highest BCUT2D eigenvalue weighted by atomic mass is 32.1. The van der Waals surface area contributed by atoms with Crippen LogP contribution in [0, 0.1) is 18.6 Å². The molecule has 2 aromatic carbocycles. The number of amides is 1. The number of thiazole rings is 1. The number of benzene rings is 2. The first-order valence-corrected chi connectivity index (χ1v) is 11.4. The minimum absolute atomic E-state index is 0.0110. The smallest absolute Gasteiger partial charge is 0.294 e. The number of pyridine rings is 1. The van der Waals surface area contributed by atoms with Gasteiger partial charge in [-0.1, -0.05) is 36.4 Å². The number of hydrogen-bond donors (Lipinski definition) is 1. The summed E-state index contributed by atoms with van der Waals surface area (Å²) >= 11 is 1.15. The Kier molecular flexibility index (Phi) is 5.70. The fourth-order valence-corrected chi connectivity index (χ4v) is 5.05. The lowest BCUT2D eigenvalue weighted by Gasteiger charge is -2.26. The van der Waals surface area contributed by atoms with Crippen LogP contribution < -0.4 is 4.90 Å². The number of ketones is 1. The van der Waals surface area contributed by atoms with E-state index in [0.29, 0.717) is 16.3 Å². The summed E-state index contributed by atoms with van der Waals surface area (Å²) in [5.41, 5.74) is 1.50. The van der Waals surface area contributed by atoms with E-state index in [0.717, 1.165) is 33.9 Å². The van der Waals surface area contributed by atoms with Crippen LogP contribution in [0.5, 0.6) is 0 Å². The second-order valence-corrected chi connectivity index (χ2v) is 8.85. The molecule has 0 radical (unpaired) electrons. The Bertz CT molecular complexity index is 1490. The quantitative estimate of drug-likeness (QED) is 0.371. The van der Waals surface area contributed by atoms with E-state index in [4.69, 9.17) is 0 Å². The molecule has 0 bridgehead atoms. The zero-order chi connectivity index (χ0) is 24.7. The molecule has 0 aliphatic carbocycles. The fraction of sp³-hybridized carbons (Fsp3) is 0.0769. The van der Waals surface area contributed by atoms with Crippen molar-refractivity contribution in [2.75, 3.05) is 4.90 Å². The summed E-state index contributed by atoms with van der Waals surface area (Å²) in [5.74, 6) is -4.49.